The predicted molar refractivity (Wildman–Crippen MR) is 84.6 cm³/mol. The monoisotopic (exact) mass is 289 g/mol. The van der Waals surface area contributed by atoms with Gasteiger partial charge in [-0.1, -0.05) is 29.8 Å². The minimum atomic E-state index is -0.256. The lowest BCUT2D eigenvalue weighted by Crippen LogP contribution is -2.18. The van der Waals surface area contributed by atoms with Crippen molar-refractivity contribution in [1.29, 1.82) is 0 Å². The van der Waals surface area contributed by atoms with Crippen LogP contribution in [0.3, 0.4) is 0 Å². The van der Waals surface area contributed by atoms with Crippen molar-refractivity contribution >= 4 is 34.6 Å². The highest BCUT2D eigenvalue weighted by atomic mass is 35.5. The first-order valence-corrected chi connectivity index (χ1v) is 6.50. The number of carbonyl (C=O) groups excluding carboxylic acids is 1. The predicted octanol–water partition coefficient (Wildman–Crippen LogP) is 3.24. The van der Waals surface area contributed by atoms with E-state index in [1.54, 1.807) is 42.5 Å². The van der Waals surface area contributed by atoms with Crippen LogP contribution >= 0.6 is 11.6 Å². The number of nitrogen functional groups attached to an aromatic ring is 1. The van der Waals surface area contributed by atoms with Crippen LogP contribution in [0.15, 0.2) is 42.5 Å². The SMILES string of the molecule is CN(C)c1c(Cl)cccc1NC(=O)c1ccccc1N. The zero-order valence-electron chi connectivity index (χ0n) is 11.4. The smallest absolute Gasteiger partial charge is 0.257 e. The van der Waals surface area contributed by atoms with E-state index in [1.165, 1.54) is 0 Å². The van der Waals surface area contributed by atoms with E-state index in [-0.39, 0.29) is 5.91 Å². The van der Waals surface area contributed by atoms with Gasteiger partial charge in [0.25, 0.3) is 5.91 Å². The second kappa shape index (κ2) is 5.84. The van der Waals surface area contributed by atoms with E-state index in [0.717, 1.165) is 5.69 Å². The van der Waals surface area contributed by atoms with Crippen LogP contribution in [0.25, 0.3) is 0 Å². The number of para-hydroxylation sites is 2. The highest BCUT2D eigenvalue weighted by Gasteiger charge is 2.14. The molecule has 0 aliphatic rings. The first kappa shape index (κ1) is 14.2. The number of amides is 1. The van der Waals surface area contributed by atoms with Gasteiger partial charge in [0.1, 0.15) is 0 Å². The van der Waals surface area contributed by atoms with Gasteiger partial charge in [-0.05, 0) is 24.3 Å². The van der Waals surface area contributed by atoms with Gasteiger partial charge in [-0.3, -0.25) is 4.79 Å². The average Bonchev–Trinajstić information content (AvgIpc) is 2.38. The summed E-state index contributed by atoms with van der Waals surface area (Å²) in [6.07, 6.45) is 0. The Morgan fingerprint density at radius 2 is 1.85 bits per heavy atom. The fourth-order valence-electron chi connectivity index (χ4n) is 1.96. The minimum absolute atomic E-state index is 0.256. The quantitative estimate of drug-likeness (QED) is 0.853. The molecule has 3 N–H and O–H groups in total. The Morgan fingerprint density at radius 1 is 1.15 bits per heavy atom. The Hall–Kier alpha value is -2.20. The first-order chi connectivity index (χ1) is 9.50. The molecule has 20 heavy (non-hydrogen) atoms. The van der Waals surface area contributed by atoms with Gasteiger partial charge >= 0.3 is 0 Å². The van der Waals surface area contributed by atoms with E-state index >= 15 is 0 Å². The minimum Gasteiger partial charge on any atom is -0.398 e. The number of benzene rings is 2. The molecule has 104 valence electrons. The third-order valence-corrected chi connectivity index (χ3v) is 3.19. The number of anilines is 3. The van der Waals surface area contributed by atoms with Gasteiger partial charge in [0.15, 0.2) is 0 Å². The Kier molecular flexibility index (Phi) is 4.15. The van der Waals surface area contributed by atoms with Crippen molar-refractivity contribution in [1.82, 2.24) is 0 Å². The van der Waals surface area contributed by atoms with Crippen LogP contribution in [-0.2, 0) is 0 Å². The molecule has 0 aliphatic carbocycles. The second-order valence-corrected chi connectivity index (χ2v) is 4.98. The number of hydrogen-bond acceptors (Lipinski definition) is 3. The molecule has 0 unspecified atom stereocenters. The van der Waals surface area contributed by atoms with Crippen molar-refractivity contribution < 1.29 is 4.79 Å². The zero-order valence-corrected chi connectivity index (χ0v) is 12.1. The van der Waals surface area contributed by atoms with Crippen molar-refractivity contribution in [2.45, 2.75) is 0 Å². The lowest BCUT2D eigenvalue weighted by Gasteiger charge is -2.19. The largest absolute Gasteiger partial charge is 0.398 e. The highest BCUT2D eigenvalue weighted by molar-refractivity contribution is 6.34. The van der Waals surface area contributed by atoms with E-state index in [2.05, 4.69) is 5.32 Å². The molecule has 0 spiro atoms. The normalized spacial score (nSPS) is 10.2. The summed E-state index contributed by atoms with van der Waals surface area (Å²) >= 11 is 6.17. The molecular weight excluding hydrogens is 274 g/mol. The summed E-state index contributed by atoms with van der Waals surface area (Å²) in [6.45, 7) is 0. The molecule has 5 heteroatoms. The van der Waals surface area contributed by atoms with Crippen molar-refractivity contribution in [2.75, 3.05) is 30.0 Å². The maximum absolute atomic E-state index is 12.3. The van der Waals surface area contributed by atoms with Crippen LogP contribution in [0.2, 0.25) is 5.02 Å². The molecule has 0 saturated heterocycles. The Morgan fingerprint density at radius 3 is 2.50 bits per heavy atom. The maximum Gasteiger partial charge on any atom is 0.257 e. The number of rotatable bonds is 3. The first-order valence-electron chi connectivity index (χ1n) is 6.12. The van der Waals surface area contributed by atoms with Crippen molar-refractivity contribution in [2.24, 2.45) is 0 Å². The van der Waals surface area contributed by atoms with E-state index in [9.17, 15) is 4.79 Å². The molecule has 0 aliphatic heterocycles. The van der Waals surface area contributed by atoms with Gasteiger partial charge < -0.3 is 16.0 Å². The number of hydrogen-bond donors (Lipinski definition) is 2. The van der Waals surface area contributed by atoms with E-state index in [0.29, 0.717) is 22.0 Å². The number of carbonyl (C=O) groups is 1. The summed E-state index contributed by atoms with van der Waals surface area (Å²) in [6, 6.07) is 12.3. The summed E-state index contributed by atoms with van der Waals surface area (Å²) in [5.74, 6) is -0.256. The molecule has 0 fully saturated rings. The van der Waals surface area contributed by atoms with Crippen LogP contribution in [0, 0.1) is 0 Å². The van der Waals surface area contributed by atoms with Gasteiger partial charge in [-0.25, -0.2) is 0 Å². The van der Waals surface area contributed by atoms with Crippen LogP contribution in [0.1, 0.15) is 10.4 Å². The Bertz CT molecular complexity index is 641. The molecule has 0 heterocycles. The summed E-state index contributed by atoms with van der Waals surface area (Å²) in [5, 5.41) is 3.42. The van der Waals surface area contributed by atoms with Crippen LogP contribution < -0.4 is 16.0 Å². The Balaban J connectivity index is 2.34. The molecule has 2 aromatic rings. The number of nitrogens with zero attached hydrogens (tertiary/aromatic N) is 1. The second-order valence-electron chi connectivity index (χ2n) is 4.57. The molecule has 0 saturated carbocycles. The van der Waals surface area contributed by atoms with E-state index < -0.39 is 0 Å². The summed E-state index contributed by atoms with van der Waals surface area (Å²) in [4.78, 5) is 14.1. The zero-order chi connectivity index (χ0) is 14.7. The molecule has 0 atom stereocenters. The van der Waals surface area contributed by atoms with E-state index in [4.69, 9.17) is 17.3 Å². The molecule has 2 rings (SSSR count). The van der Waals surface area contributed by atoms with Crippen LogP contribution in [-0.4, -0.2) is 20.0 Å². The lowest BCUT2D eigenvalue weighted by molar-refractivity contribution is 0.102. The maximum atomic E-state index is 12.3. The van der Waals surface area contributed by atoms with Gasteiger partial charge in [0, 0.05) is 19.8 Å². The average molecular weight is 290 g/mol. The summed E-state index contributed by atoms with van der Waals surface area (Å²) in [7, 11) is 3.74. The van der Waals surface area contributed by atoms with Crippen LogP contribution in [0.5, 0.6) is 0 Å². The molecule has 0 bridgehead atoms. The molecule has 2 aromatic carbocycles. The third-order valence-electron chi connectivity index (χ3n) is 2.89. The topological polar surface area (TPSA) is 58.4 Å². The number of halogens is 1. The lowest BCUT2D eigenvalue weighted by atomic mass is 10.1. The fourth-order valence-corrected chi connectivity index (χ4v) is 2.31. The molecular formula is C15H16ClN3O. The van der Waals surface area contributed by atoms with E-state index in [1.807, 2.05) is 19.0 Å². The number of nitrogens with one attached hydrogen (secondary N) is 1. The van der Waals surface area contributed by atoms with Gasteiger partial charge in [0.05, 0.1) is 22.0 Å². The van der Waals surface area contributed by atoms with Crippen molar-refractivity contribution in [3.8, 4) is 0 Å². The standard InChI is InChI=1S/C15H16ClN3O/c1-19(2)14-11(16)7-5-9-13(14)18-15(20)10-6-3-4-8-12(10)17/h3-9H,17H2,1-2H3,(H,18,20). The molecule has 0 aromatic heterocycles. The van der Waals surface area contributed by atoms with Gasteiger partial charge in [0.2, 0.25) is 0 Å². The molecule has 1 amide bonds. The fraction of sp³-hybridized carbons (Fsp3) is 0.133. The third kappa shape index (κ3) is 2.86. The number of nitrogens with two attached hydrogens (primary N) is 1. The molecule has 0 radical (unpaired) electrons. The molecule has 4 nitrogen and oxygen atoms in total. The summed E-state index contributed by atoms with van der Waals surface area (Å²) in [5.41, 5.74) is 8.10. The van der Waals surface area contributed by atoms with Crippen LogP contribution in [0.4, 0.5) is 17.1 Å². The van der Waals surface area contributed by atoms with Crippen molar-refractivity contribution in [3.63, 3.8) is 0 Å². The van der Waals surface area contributed by atoms with Gasteiger partial charge in [-0.2, -0.15) is 0 Å². The van der Waals surface area contributed by atoms with Gasteiger partial charge in [-0.15, -0.1) is 0 Å². The Labute approximate surface area is 123 Å². The highest BCUT2D eigenvalue weighted by Crippen LogP contribution is 2.32. The van der Waals surface area contributed by atoms with Crippen molar-refractivity contribution in [3.05, 3.63) is 53.1 Å². The summed E-state index contributed by atoms with van der Waals surface area (Å²) < 4.78 is 0.